The van der Waals surface area contributed by atoms with Crippen LogP contribution in [-0.4, -0.2) is 4.98 Å². The SMILES string of the molecule is CC(C)c1ccc(CNc2cccc(Br)c2)nc1F.Cl. The predicted molar refractivity (Wildman–Crippen MR) is 87.0 cm³/mol. The van der Waals surface area contributed by atoms with Gasteiger partial charge in [-0.05, 0) is 30.2 Å². The molecule has 0 radical (unpaired) electrons. The number of pyridine rings is 1. The lowest BCUT2D eigenvalue weighted by Crippen LogP contribution is -2.05. The van der Waals surface area contributed by atoms with Crippen molar-refractivity contribution in [2.24, 2.45) is 0 Å². The molecule has 20 heavy (non-hydrogen) atoms. The van der Waals surface area contributed by atoms with Gasteiger partial charge < -0.3 is 5.32 Å². The Morgan fingerprint density at radius 2 is 2.00 bits per heavy atom. The van der Waals surface area contributed by atoms with Crippen LogP contribution >= 0.6 is 28.3 Å². The van der Waals surface area contributed by atoms with Crippen LogP contribution in [0.4, 0.5) is 10.1 Å². The molecule has 0 saturated carbocycles. The summed E-state index contributed by atoms with van der Waals surface area (Å²) in [5.41, 5.74) is 2.33. The summed E-state index contributed by atoms with van der Waals surface area (Å²) in [6.07, 6.45) is 0. The first-order chi connectivity index (χ1) is 9.06. The van der Waals surface area contributed by atoms with Gasteiger partial charge in [0.1, 0.15) is 0 Å². The number of hydrogen-bond donors (Lipinski definition) is 1. The zero-order valence-corrected chi connectivity index (χ0v) is 13.8. The van der Waals surface area contributed by atoms with Crippen LogP contribution in [0.3, 0.4) is 0 Å². The maximum atomic E-state index is 13.7. The second-order valence-corrected chi connectivity index (χ2v) is 5.62. The van der Waals surface area contributed by atoms with Crippen molar-refractivity contribution in [1.29, 1.82) is 0 Å². The molecule has 0 amide bonds. The Morgan fingerprint density at radius 1 is 1.25 bits per heavy atom. The Morgan fingerprint density at radius 3 is 2.60 bits per heavy atom. The topological polar surface area (TPSA) is 24.9 Å². The van der Waals surface area contributed by atoms with Crippen molar-refractivity contribution in [3.05, 3.63) is 58.1 Å². The van der Waals surface area contributed by atoms with E-state index in [4.69, 9.17) is 0 Å². The summed E-state index contributed by atoms with van der Waals surface area (Å²) in [6, 6.07) is 11.5. The minimum absolute atomic E-state index is 0. The fourth-order valence-electron chi connectivity index (χ4n) is 1.80. The molecule has 0 aliphatic carbocycles. The summed E-state index contributed by atoms with van der Waals surface area (Å²) >= 11 is 3.41. The van der Waals surface area contributed by atoms with Crippen molar-refractivity contribution in [3.63, 3.8) is 0 Å². The molecular formula is C15H17BrClFN2. The second kappa shape index (κ2) is 7.60. The summed E-state index contributed by atoms with van der Waals surface area (Å²) in [5.74, 6) is -0.219. The molecule has 0 aliphatic rings. The summed E-state index contributed by atoms with van der Waals surface area (Å²) in [5, 5.41) is 3.22. The first kappa shape index (κ1) is 16.9. The molecule has 2 aromatic rings. The predicted octanol–water partition coefficient (Wildman–Crippen LogP) is 5.14. The van der Waals surface area contributed by atoms with Gasteiger partial charge >= 0.3 is 0 Å². The van der Waals surface area contributed by atoms with Crippen LogP contribution < -0.4 is 5.32 Å². The molecule has 0 bridgehead atoms. The minimum atomic E-state index is -0.372. The zero-order valence-electron chi connectivity index (χ0n) is 11.4. The molecule has 0 spiro atoms. The molecule has 5 heteroatoms. The molecular weight excluding hydrogens is 343 g/mol. The summed E-state index contributed by atoms with van der Waals surface area (Å²) < 4.78 is 14.8. The van der Waals surface area contributed by atoms with E-state index in [0.29, 0.717) is 17.8 Å². The highest BCUT2D eigenvalue weighted by Gasteiger charge is 2.08. The summed E-state index contributed by atoms with van der Waals surface area (Å²) in [4.78, 5) is 3.99. The van der Waals surface area contributed by atoms with Gasteiger partial charge in [-0.3, -0.25) is 0 Å². The quantitative estimate of drug-likeness (QED) is 0.764. The number of anilines is 1. The number of nitrogens with one attached hydrogen (secondary N) is 1. The van der Waals surface area contributed by atoms with E-state index in [1.807, 2.05) is 50.2 Å². The average Bonchev–Trinajstić information content (AvgIpc) is 2.36. The Balaban J connectivity index is 0.00000200. The molecule has 0 atom stereocenters. The monoisotopic (exact) mass is 358 g/mol. The van der Waals surface area contributed by atoms with Crippen LogP contribution in [0.15, 0.2) is 40.9 Å². The van der Waals surface area contributed by atoms with Crippen LogP contribution in [0.25, 0.3) is 0 Å². The van der Waals surface area contributed by atoms with Gasteiger partial charge in [0.05, 0.1) is 12.2 Å². The molecule has 0 unspecified atom stereocenters. The van der Waals surface area contributed by atoms with Gasteiger partial charge in [0, 0.05) is 15.7 Å². The van der Waals surface area contributed by atoms with Gasteiger partial charge in [-0.2, -0.15) is 4.39 Å². The highest BCUT2D eigenvalue weighted by atomic mass is 79.9. The maximum Gasteiger partial charge on any atom is 0.216 e. The lowest BCUT2D eigenvalue weighted by atomic mass is 10.1. The number of aromatic nitrogens is 1. The third-order valence-corrected chi connectivity index (χ3v) is 3.35. The maximum absolute atomic E-state index is 13.7. The normalized spacial score (nSPS) is 10.2. The Labute approximate surface area is 133 Å². The fourth-order valence-corrected chi connectivity index (χ4v) is 2.20. The van der Waals surface area contributed by atoms with Gasteiger partial charge in [-0.15, -0.1) is 12.4 Å². The molecule has 0 saturated heterocycles. The molecule has 1 N–H and O–H groups in total. The van der Waals surface area contributed by atoms with Crippen molar-refractivity contribution in [1.82, 2.24) is 4.98 Å². The van der Waals surface area contributed by atoms with Crippen molar-refractivity contribution >= 4 is 34.0 Å². The van der Waals surface area contributed by atoms with E-state index in [2.05, 4.69) is 26.2 Å². The van der Waals surface area contributed by atoms with Crippen LogP contribution in [0.1, 0.15) is 31.0 Å². The van der Waals surface area contributed by atoms with E-state index >= 15 is 0 Å². The van der Waals surface area contributed by atoms with Crippen LogP contribution in [0.5, 0.6) is 0 Å². The molecule has 1 aromatic carbocycles. The number of nitrogens with zero attached hydrogens (tertiary/aromatic N) is 1. The molecule has 0 fully saturated rings. The number of benzene rings is 1. The largest absolute Gasteiger partial charge is 0.379 e. The molecule has 0 aliphatic heterocycles. The average molecular weight is 360 g/mol. The smallest absolute Gasteiger partial charge is 0.216 e. The third kappa shape index (κ3) is 4.46. The summed E-state index contributed by atoms with van der Waals surface area (Å²) in [7, 11) is 0. The zero-order chi connectivity index (χ0) is 13.8. The van der Waals surface area contributed by atoms with E-state index in [1.165, 1.54) is 0 Å². The van der Waals surface area contributed by atoms with E-state index in [0.717, 1.165) is 10.2 Å². The molecule has 108 valence electrons. The highest BCUT2D eigenvalue weighted by Crippen LogP contribution is 2.19. The van der Waals surface area contributed by atoms with Gasteiger partial charge in [0.25, 0.3) is 0 Å². The molecule has 2 rings (SSSR count). The standard InChI is InChI=1S/C15H16BrFN2.ClH/c1-10(2)14-7-6-13(19-15(14)17)9-18-12-5-3-4-11(16)8-12;/h3-8,10,18H,9H2,1-2H3;1H. The van der Waals surface area contributed by atoms with E-state index in [-0.39, 0.29) is 24.3 Å². The fraction of sp³-hybridized carbons (Fsp3) is 0.267. The molecule has 2 nitrogen and oxygen atoms in total. The second-order valence-electron chi connectivity index (χ2n) is 4.70. The molecule has 1 aromatic heterocycles. The number of rotatable bonds is 4. The first-order valence-corrected chi connectivity index (χ1v) is 7.00. The van der Waals surface area contributed by atoms with Crippen molar-refractivity contribution in [3.8, 4) is 0 Å². The Hall–Kier alpha value is -1.13. The van der Waals surface area contributed by atoms with Crippen molar-refractivity contribution in [2.75, 3.05) is 5.32 Å². The number of halogens is 3. The van der Waals surface area contributed by atoms with E-state index in [1.54, 1.807) is 0 Å². The van der Waals surface area contributed by atoms with Gasteiger partial charge in [-0.25, -0.2) is 4.98 Å². The lowest BCUT2D eigenvalue weighted by molar-refractivity contribution is 0.551. The van der Waals surface area contributed by atoms with Crippen LogP contribution in [0.2, 0.25) is 0 Å². The third-order valence-electron chi connectivity index (χ3n) is 2.86. The van der Waals surface area contributed by atoms with Crippen LogP contribution in [-0.2, 0) is 6.54 Å². The van der Waals surface area contributed by atoms with E-state index < -0.39 is 0 Å². The van der Waals surface area contributed by atoms with Crippen LogP contribution in [0, 0.1) is 5.95 Å². The molecule has 1 heterocycles. The minimum Gasteiger partial charge on any atom is -0.379 e. The van der Waals surface area contributed by atoms with Crippen molar-refractivity contribution in [2.45, 2.75) is 26.3 Å². The summed E-state index contributed by atoms with van der Waals surface area (Å²) in [6.45, 7) is 4.42. The first-order valence-electron chi connectivity index (χ1n) is 6.21. The Kier molecular flexibility index (Phi) is 6.43. The van der Waals surface area contributed by atoms with Crippen molar-refractivity contribution < 1.29 is 4.39 Å². The Bertz CT molecular complexity index is 576. The van der Waals surface area contributed by atoms with Gasteiger partial charge in [-0.1, -0.05) is 41.9 Å². The number of hydrogen-bond acceptors (Lipinski definition) is 2. The lowest BCUT2D eigenvalue weighted by Gasteiger charge is -2.09. The highest BCUT2D eigenvalue weighted by molar-refractivity contribution is 9.10. The van der Waals surface area contributed by atoms with Gasteiger partial charge in [0.2, 0.25) is 5.95 Å². The van der Waals surface area contributed by atoms with Gasteiger partial charge in [0.15, 0.2) is 0 Å². The van der Waals surface area contributed by atoms with E-state index in [9.17, 15) is 4.39 Å².